The number of ether oxygens (including phenoxy) is 1. The Morgan fingerprint density at radius 3 is 2.86 bits per heavy atom. The first-order valence-electron chi connectivity index (χ1n) is 7.05. The molecular formula is C17H21NO3. The molecule has 0 unspecified atom stereocenters. The molecule has 0 bridgehead atoms. The van der Waals surface area contributed by atoms with Crippen molar-refractivity contribution in [2.75, 3.05) is 6.54 Å². The van der Waals surface area contributed by atoms with Crippen molar-refractivity contribution in [3.05, 3.63) is 42.2 Å². The van der Waals surface area contributed by atoms with Crippen molar-refractivity contribution in [3.63, 3.8) is 0 Å². The molecule has 2 rings (SSSR count). The molecule has 112 valence electrons. The highest BCUT2D eigenvalue weighted by Gasteiger charge is 2.15. The molecular weight excluding hydrogens is 266 g/mol. The quantitative estimate of drug-likeness (QED) is 0.850. The van der Waals surface area contributed by atoms with E-state index < -0.39 is 5.60 Å². The minimum absolute atomic E-state index is 0.385. The van der Waals surface area contributed by atoms with Crippen LogP contribution in [0.1, 0.15) is 32.8 Å². The van der Waals surface area contributed by atoms with Crippen LogP contribution < -0.4 is 5.32 Å². The Hall–Kier alpha value is -2.23. The van der Waals surface area contributed by atoms with Gasteiger partial charge in [-0.2, -0.15) is 0 Å². The molecule has 0 fully saturated rings. The van der Waals surface area contributed by atoms with Crippen LogP contribution in [0.15, 0.2) is 41.0 Å². The Kier molecular flexibility index (Phi) is 4.68. The number of alkyl carbamates (subject to hydrolysis) is 1. The van der Waals surface area contributed by atoms with E-state index in [1.165, 1.54) is 0 Å². The van der Waals surface area contributed by atoms with Crippen LogP contribution in [0.5, 0.6) is 0 Å². The summed E-state index contributed by atoms with van der Waals surface area (Å²) in [6, 6.07) is 7.90. The second-order valence-electron chi connectivity index (χ2n) is 5.81. The SMILES string of the molecule is CC(C)(C)OC(=O)NCCC=Cc1coc2ccccc12. The van der Waals surface area contributed by atoms with Gasteiger partial charge in [-0.1, -0.05) is 30.4 Å². The molecule has 0 aliphatic carbocycles. The summed E-state index contributed by atoms with van der Waals surface area (Å²) in [7, 11) is 0. The first-order valence-corrected chi connectivity index (χ1v) is 7.05. The third-order valence-corrected chi connectivity index (χ3v) is 2.79. The summed E-state index contributed by atoms with van der Waals surface area (Å²) >= 11 is 0. The lowest BCUT2D eigenvalue weighted by Gasteiger charge is -2.19. The zero-order valence-electron chi connectivity index (χ0n) is 12.7. The first-order chi connectivity index (χ1) is 9.96. The van der Waals surface area contributed by atoms with Crippen molar-refractivity contribution in [2.45, 2.75) is 32.8 Å². The number of carbonyl (C=O) groups excluding carboxylic acids is 1. The van der Waals surface area contributed by atoms with Crippen molar-refractivity contribution < 1.29 is 13.9 Å². The first kappa shape index (κ1) is 15.2. The van der Waals surface area contributed by atoms with Crippen LogP contribution in [0.4, 0.5) is 4.79 Å². The van der Waals surface area contributed by atoms with Gasteiger partial charge in [0.15, 0.2) is 0 Å². The molecule has 1 N–H and O–H groups in total. The fourth-order valence-electron chi connectivity index (χ4n) is 1.91. The standard InChI is InChI=1S/C17H21NO3/c1-17(2,3)21-16(19)18-11-7-6-8-13-12-20-15-10-5-4-9-14(13)15/h4-6,8-10,12H,7,11H2,1-3H3,(H,18,19). The highest BCUT2D eigenvalue weighted by Crippen LogP contribution is 2.21. The molecule has 1 aromatic heterocycles. The van der Waals surface area contributed by atoms with Gasteiger partial charge in [-0.25, -0.2) is 4.79 Å². The molecule has 1 heterocycles. The van der Waals surface area contributed by atoms with E-state index in [9.17, 15) is 4.79 Å². The number of benzene rings is 1. The maximum Gasteiger partial charge on any atom is 0.407 e. The highest BCUT2D eigenvalue weighted by atomic mass is 16.6. The van der Waals surface area contributed by atoms with Crippen molar-refractivity contribution in [1.29, 1.82) is 0 Å². The van der Waals surface area contributed by atoms with Crippen molar-refractivity contribution in [3.8, 4) is 0 Å². The fraction of sp³-hybridized carbons (Fsp3) is 0.353. The Bertz CT molecular complexity index is 635. The maximum absolute atomic E-state index is 11.5. The number of para-hydroxylation sites is 1. The van der Waals surface area contributed by atoms with Crippen LogP contribution in [0.3, 0.4) is 0 Å². The predicted octanol–water partition coefficient (Wildman–Crippen LogP) is 4.36. The van der Waals surface area contributed by atoms with Gasteiger partial charge in [-0.15, -0.1) is 0 Å². The molecule has 4 heteroatoms. The molecule has 0 atom stereocenters. The zero-order chi connectivity index (χ0) is 15.3. The van der Waals surface area contributed by atoms with E-state index in [-0.39, 0.29) is 6.09 Å². The topological polar surface area (TPSA) is 51.5 Å². The lowest BCUT2D eigenvalue weighted by molar-refractivity contribution is 0.0529. The molecule has 0 saturated carbocycles. The van der Waals surface area contributed by atoms with Gasteiger partial charge in [0, 0.05) is 17.5 Å². The van der Waals surface area contributed by atoms with Gasteiger partial charge in [-0.05, 0) is 33.3 Å². The summed E-state index contributed by atoms with van der Waals surface area (Å²) in [5, 5.41) is 3.81. The molecule has 1 aromatic carbocycles. The second-order valence-corrected chi connectivity index (χ2v) is 5.81. The van der Waals surface area contributed by atoms with Crippen molar-refractivity contribution >= 4 is 23.1 Å². The number of amides is 1. The van der Waals surface area contributed by atoms with E-state index >= 15 is 0 Å². The highest BCUT2D eigenvalue weighted by molar-refractivity contribution is 5.86. The maximum atomic E-state index is 11.5. The molecule has 1 amide bonds. The summed E-state index contributed by atoms with van der Waals surface area (Å²) in [6.07, 6.45) is 6.10. The number of carbonyl (C=O) groups is 1. The Morgan fingerprint density at radius 1 is 1.33 bits per heavy atom. The van der Waals surface area contributed by atoms with Crippen LogP contribution in [0.25, 0.3) is 17.0 Å². The number of hydrogen-bond acceptors (Lipinski definition) is 3. The predicted molar refractivity (Wildman–Crippen MR) is 84.1 cm³/mol. The average molecular weight is 287 g/mol. The number of fused-ring (bicyclic) bond motifs is 1. The van der Waals surface area contributed by atoms with Crippen LogP contribution >= 0.6 is 0 Å². The second kappa shape index (κ2) is 6.48. The number of hydrogen-bond donors (Lipinski definition) is 1. The minimum atomic E-state index is -0.463. The number of rotatable bonds is 4. The van der Waals surface area contributed by atoms with Gasteiger partial charge in [0.05, 0.1) is 6.26 Å². The summed E-state index contributed by atoms with van der Waals surface area (Å²) < 4.78 is 10.6. The molecule has 21 heavy (non-hydrogen) atoms. The van der Waals surface area contributed by atoms with E-state index in [4.69, 9.17) is 9.15 Å². The molecule has 4 nitrogen and oxygen atoms in total. The lowest BCUT2D eigenvalue weighted by Crippen LogP contribution is -2.32. The van der Waals surface area contributed by atoms with Crippen LogP contribution in [-0.2, 0) is 4.74 Å². The van der Waals surface area contributed by atoms with Gasteiger partial charge in [-0.3, -0.25) is 0 Å². The van der Waals surface area contributed by atoms with E-state index in [0.717, 1.165) is 23.0 Å². The molecule has 0 aliphatic heterocycles. The molecule has 0 aliphatic rings. The Morgan fingerprint density at radius 2 is 2.10 bits per heavy atom. The van der Waals surface area contributed by atoms with E-state index in [0.29, 0.717) is 6.54 Å². The van der Waals surface area contributed by atoms with Crippen LogP contribution in [0, 0.1) is 0 Å². The van der Waals surface area contributed by atoms with Gasteiger partial charge in [0.2, 0.25) is 0 Å². The van der Waals surface area contributed by atoms with Crippen LogP contribution in [0.2, 0.25) is 0 Å². The molecule has 2 aromatic rings. The Balaban J connectivity index is 1.80. The third kappa shape index (κ3) is 4.67. The molecule has 0 radical (unpaired) electrons. The van der Waals surface area contributed by atoms with Gasteiger partial charge in [0.25, 0.3) is 0 Å². The summed E-state index contributed by atoms with van der Waals surface area (Å²) in [6.45, 7) is 6.07. The van der Waals surface area contributed by atoms with Gasteiger partial charge < -0.3 is 14.5 Å². The van der Waals surface area contributed by atoms with Gasteiger partial charge in [0.1, 0.15) is 11.2 Å². The minimum Gasteiger partial charge on any atom is -0.464 e. The van der Waals surface area contributed by atoms with E-state index in [1.807, 2.05) is 57.2 Å². The van der Waals surface area contributed by atoms with E-state index in [1.54, 1.807) is 6.26 Å². The summed E-state index contributed by atoms with van der Waals surface area (Å²) in [5.41, 5.74) is 1.46. The monoisotopic (exact) mass is 287 g/mol. The van der Waals surface area contributed by atoms with Crippen molar-refractivity contribution in [1.82, 2.24) is 5.32 Å². The average Bonchev–Trinajstić information content (AvgIpc) is 2.80. The van der Waals surface area contributed by atoms with Crippen molar-refractivity contribution in [2.24, 2.45) is 0 Å². The molecule has 0 spiro atoms. The van der Waals surface area contributed by atoms with Gasteiger partial charge >= 0.3 is 6.09 Å². The Labute approximate surface area is 124 Å². The summed E-state index contributed by atoms with van der Waals surface area (Å²) in [4.78, 5) is 11.5. The fourth-order valence-corrected chi connectivity index (χ4v) is 1.91. The zero-order valence-corrected chi connectivity index (χ0v) is 12.7. The number of furan rings is 1. The normalized spacial score (nSPS) is 12.0. The smallest absolute Gasteiger partial charge is 0.407 e. The van der Waals surface area contributed by atoms with E-state index in [2.05, 4.69) is 5.32 Å². The third-order valence-electron chi connectivity index (χ3n) is 2.79. The number of nitrogens with one attached hydrogen (secondary N) is 1. The summed E-state index contributed by atoms with van der Waals surface area (Å²) in [5.74, 6) is 0. The lowest BCUT2D eigenvalue weighted by atomic mass is 10.1. The molecule has 0 saturated heterocycles. The largest absolute Gasteiger partial charge is 0.464 e. The van der Waals surface area contributed by atoms with Crippen LogP contribution in [-0.4, -0.2) is 18.2 Å².